The normalized spacial score (nSPS) is 10.7. The Morgan fingerprint density at radius 3 is 1.93 bits per heavy atom. The Hall–Kier alpha value is -4.06. The van der Waals surface area contributed by atoms with Gasteiger partial charge in [-0.2, -0.15) is 0 Å². The molecule has 0 heterocycles. The predicted octanol–water partition coefficient (Wildman–Crippen LogP) is 4.55. The molecule has 4 aromatic carbocycles. The summed E-state index contributed by atoms with van der Waals surface area (Å²) in [6.45, 7) is 0. The van der Waals surface area contributed by atoms with Gasteiger partial charge in [-0.1, -0.05) is 60.7 Å². The number of aromatic carboxylic acids is 1. The summed E-state index contributed by atoms with van der Waals surface area (Å²) in [5.41, 5.74) is -0.177. The van der Waals surface area contributed by atoms with Crippen LogP contribution in [0.1, 0.15) is 20.7 Å². The lowest BCUT2D eigenvalue weighted by atomic mass is 10.0. The molecule has 0 spiro atoms. The van der Waals surface area contributed by atoms with Crippen LogP contribution in [0.25, 0.3) is 21.5 Å². The number of carboxylic acid groups (broad SMARTS) is 1. The van der Waals surface area contributed by atoms with Crippen molar-refractivity contribution in [2.75, 3.05) is 0 Å². The second kappa shape index (κ2) is 6.92. The number of carbonyl (C=O) groups is 2. The molecule has 0 bridgehead atoms. The van der Waals surface area contributed by atoms with Crippen LogP contribution in [-0.4, -0.2) is 22.2 Å². The van der Waals surface area contributed by atoms with Crippen LogP contribution in [-0.2, 0) is 4.89 Å². The van der Waals surface area contributed by atoms with Crippen LogP contribution in [0.2, 0.25) is 0 Å². The third-order valence-corrected chi connectivity index (χ3v) is 4.42. The van der Waals surface area contributed by atoms with E-state index in [1.54, 1.807) is 60.7 Å². The summed E-state index contributed by atoms with van der Waals surface area (Å²) in [5, 5.41) is 22.1. The molecule has 138 valence electrons. The highest BCUT2D eigenvalue weighted by molar-refractivity contribution is 6.07. The zero-order valence-electron chi connectivity index (χ0n) is 14.5. The lowest BCUT2D eigenvalue weighted by molar-refractivity contribution is -0.149. The molecule has 0 amide bonds. The van der Waals surface area contributed by atoms with E-state index in [2.05, 4.69) is 0 Å². The number of carboxylic acids is 1. The average Bonchev–Trinajstić information content (AvgIpc) is 2.71. The number of fused-ring (bicyclic) bond motifs is 2. The summed E-state index contributed by atoms with van der Waals surface area (Å²) in [6, 6.07) is 20.0. The first-order valence-corrected chi connectivity index (χ1v) is 8.41. The van der Waals surface area contributed by atoms with E-state index in [1.165, 1.54) is 12.1 Å². The summed E-state index contributed by atoms with van der Waals surface area (Å²) in [4.78, 5) is 34.2. The molecule has 28 heavy (non-hydrogen) atoms. The number of rotatable bonds is 4. The summed E-state index contributed by atoms with van der Waals surface area (Å²) < 4.78 is 0. The molecule has 4 rings (SSSR count). The molecule has 0 unspecified atom stereocenters. The Labute approximate surface area is 159 Å². The molecule has 4 aromatic rings. The van der Waals surface area contributed by atoms with E-state index >= 15 is 0 Å². The van der Waals surface area contributed by atoms with E-state index in [9.17, 15) is 19.8 Å². The maximum atomic E-state index is 12.5. The SMILES string of the molecule is O=C(OOc1ccc2ccccc2c1C(=O)O)c1c(O)ccc2ccccc12. The van der Waals surface area contributed by atoms with Crippen LogP contribution in [0.3, 0.4) is 0 Å². The summed E-state index contributed by atoms with van der Waals surface area (Å²) in [7, 11) is 0. The van der Waals surface area contributed by atoms with Gasteiger partial charge in [-0.25, -0.2) is 14.5 Å². The number of carbonyl (C=O) groups excluding carboxylic acids is 1. The highest BCUT2D eigenvalue weighted by atomic mass is 17.2. The van der Waals surface area contributed by atoms with Crippen LogP contribution in [0.5, 0.6) is 11.5 Å². The van der Waals surface area contributed by atoms with Gasteiger partial charge in [0.05, 0.1) is 0 Å². The average molecular weight is 374 g/mol. The monoisotopic (exact) mass is 374 g/mol. The minimum absolute atomic E-state index is 0.0595. The van der Waals surface area contributed by atoms with Crippen molar-refractivity contribution in [2.24, 2.45) is 0 Å². The van der Waals surface area contributed by atoms with Crippen molar-refractivity contribution in [3.05, 3.63) is 83.9 Å². The molecule has 0 aliphatic heterocycles. The van der Waals surface area contributed by atoms with E-state index in [-0.39, 0.29) is 22.6 Å². The van der Waals surface area contributed by atoms with Crippen molar-refractivity contribution in [2.45, 2.75) is 0 Å². The van der Waals surface area contributed by atoms with Gasteiger partial charge in [-0.3, -0.25) is 4.89 Å². The van der Waals surface area contributed by atoms with Crippen molar-refractivity contribution < 1.29 is 29.6 Å². The summed E-state index contributed by atoms with van der Waals surface area (Å²) >= 11 is 0. The molecular formula is C22H14O6. The van der Waals surface area contributed by atoms with E-state index in [0.29, 0.717) is 16.2 Å². The van der Waals surface area contributed by atoms with Crippen LogP contribution < -0.4 is 4.89 Å². The van der Waals surface area contributed by atoms with Crippen LogP contribution in [0.4, 0.5) is 0 Å². The van der Waals surface area contributed by atoms with Crippen molar-refractivity contribution in [3.63, 3.8) is 0 Å². The van der Waals surface area contributed by atoms with Crippen molar-refractivity contribution in [1.29, 1.82) is 0 Å². The van der Waals surface area contributed by atoms with Crippen LogP contribution in [0.15, 0.2) is 72.8 Å². The first kappa shape index (κ1) is 17.4. The van der Waals surface area contributed by atoms with Gasteiger partial charge in [0.15, 0.2) is 5.75 Å². The largest absolute Gasteiger partial charge is 0.507 e. The van der Waals surface area contributed by atoms with E-state index in [4.69, 9.17) is 9.78 Å². The fourth-order valence-electron chi connectivity index (χ4n) is 3.14. The van der Waals surface area contributed by atoms with Gasteiger partial charge in [0.2, 0.25) is 0 Å². The minimum atomic E-state index is -1.21. The first-order valence-electron chi connectivity index (χ1n) is 8.41. The standard InChI is InChI=1S/C22H14O6/c23-17-11-9-13-5-1-3-7-15(13)19(17)22(26)28-27-18-12-10-14-6-2-4-8-16(14)20(18)21(24)25/h1-12,23H,(H,24,25). The molecule has 0 radical (unpaired) electrons. The molecule has 0 aliphatic rings. The third kappa shape index (κ3) is 2.97. The number of hydrogen-bond donors (Lipinski definition) is 2. The Balaban J connectivity index is 1.69. The molecule has 6 nitrogen and oxygen atoms in total. The van der Waals surface area contributed by atoms with Crippen molar-refractivity contribution >= 4 is 33.5 Å². The van der Waals surface area contributed by atoms with Gasteiger partial charge in [-0.15, -0.1) is 0 Å². The predicted molar refractivity (Wildman–Crippen MR) is 103 cm³/mol. The lowest BCUT2D eigenvalue weighted by Gasteiger charge is -2.11. The van der Waals surface area contributed by atoms with Crippen LogP contribution >= 0.6 is 0 Å². The number of aromatic hydroxyl groups is 1. The minimum Gasteiger partial charge on any atom is -0.507 e. The second-order valence-corrected chi connectivity index (χ2v) is 6.10. The van der Waals surface area contributed by atoms with Gasteiger partial charge in [0.1, 0.15) is 16.9 Å². The fourth-order valence-corrected chi connectivity index (χ4v) is 3.14. The van der Waals surface area contributed by atoms with Gasteiger partial charge in [-0.05, 0) is 22.9 Å². The van der Waals surface area contributed by atoms with Crippen LogP contribution in [0, 0.1) is 0 Å². The summed E-state index contributed by atoms with van der Waals surface area (Å²) in [5.74, 6) is -2.52. The van der Waals surface area contributed by atoms with Crippen molar-refractivity contribution in [3.8, 4) is 11.5 Å². The number of phenols is 1. The maximum absolute atomic E-state index is 12.5. The Bertz CT molecular complexity index is 1230. The Kier molecular flexibility index (Phi) is 4.29. The fraction of sp³-hybridized carbons (Fsp3) is 0. The Morgan fingerprint density at radius 1 is 0.714 bits per heavy atom. The Morgan fingerprint density at radius 2 is 1.29 bits per heavy atom. The lowest BCUT2D eigenvalue weighted by Crippen LogP contribution is -2.11. The van der Waals surface area contributed by atoms with E-state index in [1.807, 2.05) is 0 Å². The number of phenolic OH excluding ortho intramolecular Hbond substituents is 1. The zero-order valence-corrected chi connectivity index (χ0v) is 14.5. The summed E-state index contributed by atoms with van der Waals surface area (Å²) in [6.07, 6.45) is 0. The molecule has 0 saturated carbocycles. The number of hydrogen-bond acceptors (Lipinski definition) is 5. The van der Waals surface area contributed by atoms with Crippen molar-refractivity contribution in [1.82, 2.24) is 0 Å². The molecule has 0 fully saturated rings. The molecule has 0 atom stereocenters. The molecule has 0 aliphatic carbocycles. The molecule has 2 N–H and O–H groups in total. The van der Waals surface area contributed by atoms with Gasteiger partial charge < -0.3 is 10.2 Å². The molecule has 0 aromatic heterocycles. The van der Waals surface area contributed by atoms with Gasteiger partial charge in [0, 0.05) is 10.8 Å². The first-order chi connectivity index (χ1) is 13.6. The topological polar surface area (TPSA) is 93.1 Å². The quantitative estimate of drug-likeness (QED) is 0.402. The molecular weight excluding hydrogens is 360 g/mol. The number of benzene rings is 4. The smallest absolute Gasteiger partial charge is 0.390 e. The third-order valence-electron chi connectivity index (χ3n) is 4.42. The highest BCUT2D eigenvalue weighted by Gasteiger charge is 2.21. The van der Waals surface area contributed by atoms with Gasteiger partial charge >= 0.3 is 11.9 Å². The van der Waals surface area contributed by atoms with E-state index in [0.717, 1.165) is 5.39 Å². The maximum Gasteiger partial charge on any atom is 0.390 e. The highest BCUT2D eigenvalue weighted by Crippen LogP contribution is 2.30. The second-order valence-electron chi connectivity index (χ2n) is 6.10. The van der Waals surface area contributed by atoms with E-state index < -0.39 is 11.9 Å². The molecule has 0 saturated heterocycles. The zero-order chi connectivity index (χ0) is 19.7. The van der Waals surface area contributed by atoms with Gasteiger partial charge in [0.25, 0.3) is 0 Å². The molecule has 6 heteroatoms.